The second-order valence-corrected chi connectivity index (χ2v) is 7.19. The van der Waals surface area contributed by atoms with Gasteiger partial charge in [0.1, 0.15) is 0 Å². The van der Waals surface area contributed by atoms with Crippen molar-refractivity contribution in [1.82, 2.24) is 5.32 Å². The van der Waals surface area contributed by atoms with Crippen LogP contribution in [0, 0.1) is 0 Å². The fraction of sp³-hybridized carbons (Fsp3) is 0.533. The maximum Gasteiger partial charge on any atom is 0.319 e. The van der Waals surface area contributed by atoms with Crippen LogP contribution in [0.1, 0.15) is 38.2 Å². The van der Waals surface area contributed by atoms with E-state index in [0.29, 0.717) is 12.5 Å². The molecular weight excluding hydrogens is 400 g/mol. The Morgan fingerprint density at radius 2 is 2.05 bits per heavy atom. The number of hydrogen-bond acceptors (Lipinski definition) is 2. The summed E-state index contributed by atoms with van der Waals surface area (Å²) < 4.78 is 7.22. The van der Waals surface area contributed by atoms with E-state index in [1.165, 1.54) is 5.56 Å². The number of rotatable bonds is 4. The van der Waals surface area contributed by atoms with E-state index in [4.69, 9.17) is 4.74 Å². The van der Waals surface area contributed by atoms with Crippen molar-refractivity contribution < 1.29 is 9.53 Å². The SMILES string of the molecule is CC(C)c1cc(Br)c(NC(=O)NCC2CCCO2)c(Br)c1. The lowest BCUT2D eigenvalue weighted by molar-refractivity contribution is 0.112. The lowest BCUT2D eigenvalue weighted by Crippen LogP contribution is -2.35. The van der Waals surface area contributed by atoms with Crippen molar-refractivity contribution >= 4 is 43.6 Å². The Bertz CT molecular complexity index is 491. The summed E-state index contributed by atoms with van der Waals surface area (Å²) in [6, 6.07) is 3.85. The summed E-state index contributed by atoms with van der Waals surface area (Å²) >= 11 is 7.03. The van der Waals surface area contributed by atoms with Gasteiger partial charge in [-0.05, 0) is 68.3 Å². The van der Waals surface area contributed by atoms with Gasteiger partial charge in [0.15, 0.2) is 0 Å². The van der Waals surface area contributed by atoms with Crippen molar-refractivity contribution in [3.63, 3.8) is 0 Å². The molecule has 21 heavy (non-hydrogen) atoms. The smallest absolute Gasteiger partial charge is 0.319 e. The van der Waals surface area contributed by atoms with Crippen molar-refractivity contribution in [2.45, 2.75) is 38.7 Å². The van der Waals surface area contributed by atoms with E-state index in [1.807, 2.05) is 12.1 Å². The summed E-state index contributed by atoms with van der Waals surface area (Å²) in [6.45, 7) is 5.61. The molecular formula is C15H20Br2N2O2. The highest BCUT2D eigenvalue weighted by molar-refractivity contribution is 9.11. The molecule has 1 atom stereocenters. The van der Waals surface area contributed by atoms with Crippen LogP contribution in [0.15, 0.2) is 21.1 Å². The molecule has 1 heterocycles. The van der Waals surface area contributed by atoms with E-state index >= 15 is 0 Å². The topological polar surface area (TPSA) is 50.4 Å². The minimum absolute atomic E-state index is 0.144. The second kappa shape index (κ2) is 7.61. The summed E-state index contributed by atoms with van der Waals surface area (Å²) in [7, 11) is 0. The zero-order chi connectivity index (χ0) is 15.4. The minimum atomic E-state index is -0.218. The molecule has 0 spiro atoms. The van der Waals surface area contributed by atoms with Crippen molar-refractivity contribution in [2.24, 2.45) is 0 Å². The fourth-order valence-electron chi connectivity index (χ4n) is 2.22. The summed E-state index contributed by atoms with van der Waals surface area (Å²) in [6.07, 6.45) is 2.23. The van der Waals surface area contributed by atoms with Crippen molar-refractivity contribution in [3.8, 4) is 0 Å². The molecule has 4 nitrogen and oxygen atoms in total. The van der Waals surface area contributed by atoms with Crippen molar-refractivity contribution in [1.29, 1.82) is 0 Å². The van der Waals surface area contributed by atoms with Crippen LogP contribution in [0.4, 0.5) is 10.5 Å². The van der Waals surface area contributed by atoms with E-state index in [1.54, 1.807) is 0 Å². The van der Waals surface area contributed by atoms with Crippen molar-refractivity contribution in [3.05, 3.63) is 26.6 Å². The summed E-state index contributed by atoms with van der Waals surface area (Å²) in [5.74, 6) is 0.431. The van der Waals surface area contributed by atoms with Gasteiger partial charge in [-0.15, -0.1) is 0 Å². The second-order valence-electron chi connectivity index (χ2n) is 5.48. The number of carbonyl (C=O) groups is 1. The van der Waals surface area contributed by atoms with Gasteiger partial charge in [-0.1, -0.05) is 13.8 Å². The lowest BCUT2D eigenvalue weighted by atomic mass is 10.0. The average molecular weight is 420 g/mol. The van der Waals surface area contributed by atoms with Gasteiger partial charge in [0, 0.05) is 22.1 Å². The summed E-state index contributed by atoms with van der Waals surface area (Å²) in [4.78, 5) is 12.0. The first-order valence-electron chi connectivity index (χ1n) is 7.12. The van der Waals surface area contributed by atoms with Crippen LogP contribution >= 0.6 is 31.9 Å². The van der Waals surface area contributed by atoms with Gasteiger partial charge in [0.2, 0.25) is 0 Å². The third kappa shape index (κ3) is 4.69. The molecule has 1 unspecified atom stereocenters. The van der Waals surface area contributed by atoms with E-state index < -0.39 is 0 Å². The van der Waals surface area contributed by atoms with Gasteiger partial charge in [-0.2, -0.15) is 0 Å². The number of nitrogens with one attached hydrogen (secondary N) is 2. The molecule has 0 aromatic heterocycles. The van der Waals surface area contributed by atoms with E-state index in [9.17, 15) is 4.79 Å². The van der Waals surface area contributed by atoms with E-state index in [2.05, 4.69) is 56.3 Å². The predicted octanol–water partition coefficient (Wildman–Crippen LogP) is 4.64. The Morgan fingerprint density at radius 3 is 2.57 bits per heavy atom. The van der Waals surface area contributed by atoms with Crippen LogP contribution in [0.2, 0.25) is 0 Å². The van der Waals surface area contributed by atoms with Crippen LogP contribution in [-0.4, -0.2) is 25.3 Å². The number of halogens is 2. The summed E-state index contributed by atoms with van der Waals surface area (Å²) in [5, 5.41) is 5.72. The third-order valence-corrected chi connectivity index (χ3v) is 4.73. The van der Waals surface area contributed by atoms with Gasteiger partial charge in [-0.25, -0.2) is 4.79 Å². The largest absolute Gasteiger partial charge is 0.376 e. The van der Waals surface area contributed by atoms with Crippen LogP contribution in [0.3, 0.4) is 0 Å². The normalized spacial score (nSPS) is 18.0. The number of carbonyl (C=O) groups excluding carboxylic acids is 1. The molecule has 1 aromatic rings. The molecule has 2 rings (SSSR count). The molecule has 0 aliphatic carbocycles. The Hall–Kier alpha value is -0.590. The number of urea groups is 1. The molecule has 0 radical (unpaired) electrons. The standard InChI is InChI=1S/C15H20Br2N2O2/c1-9(2)10-6-12(16)14(13(17)7-10)19-15(20)18-8-11-4-3-5-21-11/h6-7,9,11H,3-5,8H2,1-2H3,(H2,18,19,20). The van der Waals surface area contributed by atoms with Gasteiger partial charge in [0.05, 0.1) is 11.8 Å². The molecule has 1 aliphatic heterocycles. The maximum atomic E-state index is 12.0. The molecule has 1 fully saturated rings. The van der Waals surface area contributed by atoms with Gasteiger partial charge in [-0.3, -0.25) is 0 Å². The Labute approximate surface area is 142 Å². The van der Waals surface area contributed by atoms with E-state index in [0.717, 1.165) is 34.1 Å². The Balaban J connectivity index is 1.96. The van der Waals surface area contributed by atoms with Gasteiger partial charge in [0.25, 0.3) is 0 Å². The zero-order valence-corrected chi connectivity index (χ0v) is 15.4. The Morgan fingerprint density at radius 1 is 1.38 bits per heavy atom. The molecule has 2 N–H and O–H groups in total. The predicted molar refractivity (Wildman–Crippen MR) is 91.9 cm³/mol. The highest BCUT2D eigenvalue weighted by Crippen LogP contribution is 2.34. The number of amides is 2. The minimum Gasteiger partial charge on any atom is -0.376 e. The molecule has 0 saturated carbocycles. The monoisotopic (exact) mass is 418 g/mol. The highest BCUT2D eigenvalue weighted by atomic mass is 79.9. The summed E-state index contributed by atoms with van der Waals surface area (Å²) in [5.41, 5.74) is 1.95. The van der Waals surface area contributed by atoms with E-state index in [-0.39, 0.29) is 12.1 Å². The molecule has 116 valence electrons. The average Bonchev–Trinajstić information content (AvgIpc) is 2.93. The Kier molecular flexibility index (Phi) is 6.08. The van der Waals surface area contributed by atoms with Crippen LogP contribution in [-0.2, 0) is 4.74 Å². The molecule has 0 bridgehead atoms. The third-order valence-electron chi connectivity index (χ3n) is 3.48. The molecule has 1 aliphatic rings. The number of anilines is 1. The first kappa shape index (κ1) is 16.8. The van der Waals surface area contributed by atoms with Gasteiger partial charge >= 0.3 is 6.03 Å². The highest BCUT2D eigenvalue weighted by Gasteiger charge is 2.17. The maximum absolute atomic E-state index is 12.0. The number of hydrogen-bond donors (Lipinski definition) is 2. The zero-order valence-electron chi connectivity index (χ0n) is 12.2. The van der Waals surface area contributed by atoms with Crippen LogP contribution in [0.25, 0.3) is 0 Å². The van der Waals surface area contributed by atoms with Crippen LogP contribution < -0.4 is 10.6 Å². The van der Waals surface area contributed by atoms with Gasteiger partial charge < -0.3 is 15.4 Å². The molecule has 1 saturated heterocycles. The van der Waals surface area contributed by atoms with Crippen LogP contribution in [0.5, 0.6) is 0 Å². The molecule has 1 aromatic carbocycles. The fourth-order valence-corrected chi connectivity index (χ4v) is 3.64. The lowest BCUT2D eigenvalue weighted by Gasteiger charge is -2.15. The quantitative estimate of drug-likeness (QED) is 0.746. The first-order valence-corrected chi connectivity index (χ1v) is 8.71. The first-order chi connectivity index (χ1) is 9.97. The number of ether oxygens (including phenoxy) is 1. The molecule has 2 amide bonds. The molecule has 6 heteroatoms. The number of benzene rings is 1. The van der Waals surface area contributed by atoms with Crippen molar-refractivity contribution in [2.75, 3.05) is 18.5 Å².